The highest BCUT2D eigenvalue weighted by Gasteiger charge is 2.19. The highest BCUT2D eigenvalue weighted by Crippen LogP contribution is 2.26. The molecule has 4 aromatic rings. The molecule has 0 aliphatic rings. The van der Waals surface area contributed by atoms with Gasteiger partial charge < -0.3 is 4.90 Å². The smallest absolute Gasteiger partial charge is 0.253 e. The topological polar surface area (TPSA) is 72.3 Å². The molecule has 0 atom stereocenters. The minimum atomic E-state index is -3.32. The first-order valence-electron chi connectivity index (χ1n) is 10.8. The van der Waals surface area contributed by atoms with Crippen molar-refractivity contribution < 1.29 is 13.2 Å². The summed E-state index contributed by atoms with van der Waals surface area (Å²) in [6.07, 6.45) is 1.92. The monoisotopic (exact) mass is 493 g/mol. The minimum Gasteiger partial charge on any atom is -0.337 e. The van der Waals surface area contributed by atoms with E-state index in [1.165, 1.54) is 12.1 Å². The van der Waals surface area contributed by atoms with Crippen LogP contribution >= 0.6 is 11.6 Å². The molecule has 6 nitrogen and oxygen atoms in total. The number of halogens is 1. The van der Waals surface area contributed by atoms with Crippen molar-refractivity contribution in [3.63, 3.8) is 0 Å². The summed E-state index contributed by atoms with van der Waals surface area (Å²) in [5.74, 6) is -0.200. The van der Waals surface area contributed by atoms with Gasteiger partial charge in [0.15, 0.2) is 9.84 Å². The van der Waals surface area contributed by atoms with Gasteiger partial charge in [-0.15, -0.1) is 0 Å². The minimum absolute atomic E-state index is 0.0130. The van der Waals surface area contributed by atoms with Gasteiger partial charge in [-0.2, -0.15) is 5.10 Å². The quantitative estimate of drug-likeness (QED) is 0.352. The number of nitrogens with zero attached hydrogens (tertiary/aromatic N) is 3. The van der Waals surface area contributed by atoms with Crippen LogP contribution in [0.2, 0.25) is 5.02 Å². The van der Waals surface area contributed by atoms with Crippen LogP contribution in [0.5, 0.6) is 0 Å². The Morgan fingerprint density at radius 1 is 0.971 bits per heavy atom. The Morgan fingerprint density at radius 2 is 1.62 bits per heavy atom. The summed E-state index contributed by atoms with van der Waals surface area (Å²) in [5, 5.41) is 5.42. The number of amides is 1. The first kappa shape index (κ1) is 23.7. The van der Waals surface area contributed by atoms with E-state index in [4.69, 9.17) is 16.7 Å². The SMILES string of the molecule is CCS(=O)(=O)c1ccc(C(=O)N(C)Cc2cn(-c3ccccc3)nc2-c2ccc(Cl)cc2)cc1. The van der Waals surface area contributed by atoms with E-state index < -0.39 is 9.84 Å². The van der Waals surface area contributed by atoms with Crippen molar-refractivity contribution in [2.45, 2.75) is 18.4 Å². The lowest BCUT2D eigenvalue weighted by Gasteiger charge is -2.17. The first-order valence-corrected chi connectivity index (χ1v) is 12.8. The summed E-state index contributed by atoms with van der Waals surface area (Å²) in [7, 11) is -1.60. The van der Waals surface area contributed by atoms with Gasteiger partial charge >= 0.3 is 0 Å². The lowest BCUT2D eigenvalue weighted by Crippen LogP contribution is -2.26. The second kappa shape index (κ2) is 9.83. The predicted molar refractivity (Wildman–Crippen MR) is 134 cm³/mol. The number of aromatic nitrogens is 2. The molecule has 174 valence electrons. The predicted octanol–water partition coefficient (Wildman–Crippen LogP) is 5.26. The van der Waals surface area contributed by atoms with E-state index in [-0.39, 0.29) is 16.6 Å². The normalized spacial score (nSPS) is 11.4. The molecule has 0 spiro atoms. The molecule has 1 aromatic heterocycles. The molecular weight excluding hydrogens is 470 g/mol. The number of carbonyl (C=O) groups is 1. The third kappa shape index (κ3) is 5.05. The van der Waals surface area contributed by atoms with Crippen LogP contribution < -0.4 is 0 Å². The molecule has 1 heterocycles. The van der Waals surface area contributed by atoms with Crippen molar-refractivity contribution in [3.8, 4) is 16.9 Å². The Kier molecular flexibility index (Phi) is 6.86. The summed E-state index contributed by atoms with van der Waals surface area (Å²) in [4.78, 5) is 14.9. The molecule has 0 saturated heterocycles. The molecule has 0 N–H and O–H groups in total. The van der Waals surface area contributed by atoms with Gasteiger partial charge in [-0.3, -0.25) is 4.79 Å². The second-order valence-corrected chi connectivity index (χ2v) is 10.6. The van der Waals surface area contributed by atoms with Crippen LogP contribution in [-0.2, 0) is 16.4 Å². The van der Waals surface area contributed by atoms with Gasteiger partial charge in [-0.25, -0.2) is 13.1 Å². The van der Waals surface area contributed by atoms with E-state index in [9.17, 15) is 13.2 Å². The Labute approximate surface area is 204 Å². The summed E-state index contributed by atoms with van der Waals surface area (Å²) in [6, 6.07) is 23.2. The van der Waals surface area contributed by atoms with Crippen LogP contribution in [0.3, 0.4) is 0 Å². The molecule has 0 fully saturated rings. The molecule has 0 bridgehead atoms. The fourth-order valence-corrected chi connectivity index (χ4v) is 4.62. The van der Waals surface area contributed by atoms with Crippen LogP contribution in [0, 0.1) is 0 Å². The Hall–Kier alpha value is -3.42. The zero-order chi connectivity index (χ0) is 24.3. The fraction of sp³-hybridized carbons (Fsp3) is 0.154. The second-order valence-electron chi connectivity index (χ2n) is 7.88. The van der Waals surface area contributed by atoms with Gasteiger partial charge in [0.05, 0.1) is 22.0 Å². The Morgan fingerprint density at radius 3 is 2.24 bits per heavy atom. The van der Waals surface area contributed by atoms with Crippen LogP contribution in [0.15, 0.2) is 90.0 Å². The molecule has 0 radical (unpaired) electrons. The number of hydrogen-bond acceptors (Lipinski definition) is 4. The van der Waals surface area contributed by atoms with Crippen LogP contribution in [0.25, 0.3) is 16.9 Å². The Balaban J connectivity index is 1.63. The highest BCUT2D eigenvalue weighted by atomic mass is 35.5. The molecular formula is C26H24ClN3O3S. The van der Waals surface area contributed by atoms with Gasteiger partial charge in [0, 0.05) is 41.5 Å². The molecule has 4 rings (SSSR count). The van der Waals surface area contributed by atoms with Crippen LogP contribution in [-0.4, -0.2) is 41.8 Å². The molecule has 0 aliphatic heterocycles. The van der Waals surface area contributed by atoms with Crippen molar-refractivity contribution in [1.82, 2.24) is 14.7 Å². The van der Waals surface area contributed by atoms with Crippen LogP contribution in [0.4, 0.5) is 0 Å². The number of benzene rings is 3. The molecule has 8 heteroatoms. The highest BCUT2D eigenvalue weighted by molar-refractivity contribution is 7.91. The van der Waals surface area contributed by atoms with Crippen molar-refractivity contribution in [2.75, 3.05) is 12.8 Å². The first-order chi connectivity index (χ1) is 16.3. The van der Waals surface area contributed by atoms with Gasteiger partial charge in [-0.05, 0) is 48.5 Å². The molecule has 0 aliphatic carbocycles. The third-order valence-corrected chi connectivity index (χ3v) is 7.53. The number of sulfone groups is 1. The maximum absolute atomic E-state index is 13.1. The number of carbonyl (C=O) groups excluding carboxylic acids is 1. The lowest BCUT2D eigenvalue weighted by molar-refractivity contribution is 0.0785. The summed E-state index contributed by atoms with van der Waals surface area (Å²) in [5.41, 5.74) is 3.84. The van der Waals surface area contributed by atoms with E-state index >= 15 is 0 Å². The number of hydrogen-bond donors (Lipinski definition) is 0. The van der Waals surface area contributed by atoms with Gasteiger partial charge in [0.25, 0.3) is 5.91 Å². The third-order valence-electron chi connectivity index (χ3n) is 5.52. The maximum atomic E-state index is 13.1. The largest absolute Gasteiger partial charge is 0.337 e. The average Bonchev–Trinajstić information content (AvgIpc) is 3.28. The van der Waals surface area contributed by atoms with Gasteiger partial charge in [0.2, 0.25) is 0 Å². The van der Waals surface area contributed by atoms with Crippen molar-refractivity contribution >= 4 is 27.3 Å². The molecule has 0 unspecified atom stereocenters. The van der Waals surface area contributed by atoms with Crippen LogP contribution in [0.1, 0.15) is 22.8 Å². The number of para-hydroxylation sites is 1. The Bertz CT molecular complexity index is 1400. The number of rotatable bonds is 7. The lowest BCUT2D eigenvalue weighted by atomic mass is 10.1. The van der Waals surface area contributed by atoms with E-state index in [2.05, 4.69) is 0 Å². The van der Waals surface area contributed by atoms with E-state index in [0.717, 1.165) is 22.5 Å². The maximum Gasteiger partial charge on any atom is 0.253 e. The van der Waals surface area contributed by atoms with Crippen molar-refractivity contribution in [3.05, 3.63) is 101 Å². The van der Waals surface area contributed by atoms with Gasteiger partial charge in [0.1, 0.15) is 0 Å². The zero-order valence-electron chi connectivity index (χ0n) is 18.8. The molecule has 34 heavy (non-hydrogen) atoms. The standard InChI is InChI=1S/C26H24ClN3O3S/c1-3-34(32,33)24-15-11-20(12-16-24)26(31)29(2)17-21-18-30(23-7-5-4-6-8-23)28-25(21)19-9-13-22(27)14-10-19/h4-16,18H,3,17H2,1-2H3. The fourth-order valence-electron chi connectivity index (χ4n) is 3.61. The zero-order valence-corrected chi connectivity index (χ0v) is 20.4. The summed E-state index contributed by atoms with van der Waals surface area (Å²) < 4.78 is 25.9. The molecule has 3 aromatic carbocycles. The summed E-state index contributed by atoms with van der Waals surface area (Å²) in [6.45, 7) is 1.91. The van der Waals surface area contributed by atoms with E-state index in [1.807, 2.05) is 60.8 Å². The average molecular weight is 494 g/mol. The van der Waals surface area contributed by atoms with Gasteiger partial charge in [-0.1, -0.05) is 48.9 Å². The van der Waals surface area contributed by atoms with Crippen molar-refractivity contribution in [2.24, 2.45) is 0 Å². The molecule has 1 amide bonds. The van der Waals surface area contributed by atoms with Crippen molar-refractivity contribution in [1.29, 1.82) is 0 Å². The van der Waals surface area contributed by atoms with E-state index in [1.54, 1.807) is 35.7 Å². The summed E-state index contributed by atoms with van der Waals surface area (Å²) >= 11 is 6.07. The van der Waals surface area contributed by atoms with E-state index in [0.29, 0.717) is 17.1 Å². The molecule has 0 saturated carbocycles.